The third kappa shape index (κ3) is 4.38. The van der Waals surface area contributed by atoms with Crippen molar-refractivity contribution in [3.63, 3.8) is 0 Å². The van der Waals surface area contributed by atoms with Crippen molar-refractivity contribution < 1.29 is 4.39 Å². The first kappa shape index (κ1) is 17.1. The maximum absolute atomic E-state index is 13.7. The van der Waals surface area contributed by atoms with Crippen molar-refractivity contribution in [2.75, 3.05) is 6.54 Å². The van der Waals surface area contributed by atoms with E-state index in [-0.39, 0.29) is 11.9 Å². The van der Waals surface area contributed by atoms with Gasteiger partial charge in [-0.2, -0.15) is 0 Å². The summed E-state index contributed by atoms with van der Waals surface area (Å²) in [5.41, 5.74) is 1.96. The van der Waals surface area contributed by atoms with E-state index in [1.54, 1.807) is 12.1 Å². The van der Waals surface area contributed by atoms with Crippen molar-refractivity contribution in [1.29, 1.82) is 0 Å². The third-order valence-electron chi connectivity index (χ3n) is 3.14. The third-order valence-corrected chi connectivity index (χ3v) is 5.07. The predicted molar refractivity (Wildman–Crippen MR) is 96.1 cm³/mol. The lowest BCUT2D eigenvalue weighted by Crippen LogP contribution is -2.24. The summed E-state index contributed by atoms with van der Waals surface area (Å²) >= 11 is 10.6. The summed E-state index contributed by atoms with van der Waals surface area (Å²) in [6.45, 7) is 2.97. The summed E-state index contributed by atoms with van der Waals surface area (Å²) < 4.78 is 16.5. The molecule has 1 N–H and O–H groups in total. The molecule has 2 rings (SSSR count). The fourth-order valence-electron chi connectivity index (χ4n) is 2.15. The van der Waals surface area contributed by atoms with Gasteiger partial charge in [0.1, 0.15) is 5.82 Å². The Bertz CT molecular complexity index is 579. The molecular weight excluding hydrogens is 465 g/mol. The van der Waals surface area contributed by atoms with Crippen molar-refractivity contribution in [2.24, 2.45) is 0 Å². The van der Waals surface area contributed by atoms with Gasteiger partial charge in [0.2, 0.25) is 0 Å². The van der Waals surface area contributed by atoms with Crippen LogP contribution < -0.4 is 5.32 Å². The maximum atomic E-state index is 13.7. The van der Waals surface area contributed by atoms with E-state index in [2.05, 4.69) is 66.1 Å². The zero-order valence-electron chi connectivity index (χ0n) is 11.5. The molecule has 1 atom stereocenters. The summed E-state index contributed by atoms with van der Waals surface area (Å²) in [6.07, 6.45) is 1.01. The molecule has 0 heterocycles. The van der Waals surface area contributed by atoms with Crippen molar-refractivity contribution in [1.82, 2.24) is 5.32 Å². The van der Waals surface area contributed by atoms with Crippen LogP contribution in [0.4, 0.5) is 4.39 Å². The van der Waals surface area contributed by atoms with Gasteiger partial charge in [-0.15, -0.1) is 0 Å². The molecule has 1 nitrogen and oxygen atoms in total. The summed E-state index contributed by atoms with van der Waals surface area (Å²) in [5.74, 6) is -0.234. The Labute approximate surface area is 149 Å². The van der Waals surface area contributed by atoms with Gasteiger partial charge in [-0.05, 0) is 60.5 Å². The van der Waals surface area contributed by atoms with Gasteiger partial charge in [0.15, 0.2) is 0 Å². The van der Waals surface area contributed by atoms with Crippen molar-refractivity contribution in [3.8, 4) is 0 Å². The molecule has 0 aromatic heterocycles. The second-order valence-electron chi connectivity index (χ2n) is 4.72. The number of rotatable bonds is 5. The van der Waals surface area contributed by atoms with Crippen molar-refractivity contribution in [3.05, 3.63) is 66.8 Å². The van der Waals surface area contributed by atoms with Gasteiger partial charge in [0, 0.05) is 13.4 Å². The molecule has 0 fully saturated rings. The van der Waals surface area contributed by atoms with E-state index in [9.17, 15) is 4.39 Å². The normalized spacial score (nSPS) is 12.4. The van der Waals surface area contributed by atoms with Crippen LogP contribution in [0.5, 0.6) is 0 Å². The van der Waals surface area contributed by atoms with Crippen LogP contribution in [-0.4, -0.2) is 6.54 Å². The van der Waals surface area contributed by atoms with Gasteiger partial charge in [-0.3, -0.25) is 0 Å². The Morgan fingerprint density at radius 2 is 1.62 bits per heavy atom. The van der Waals surface area contributed by atoms with E-state index < -0.39 is 0 Å². The topological polar surface area (TPSA) is 12.0 Å². The highest BCUT2D eigenvalue weighted by atomic mass is 79.9. The number of hydrogen-bond donors (Lipinski definition) is 1. The first-order valence-corrected chi connectivity index (χ1v) is 9.04. The summed E-state index contributed by atoms with van der Waals surface area (Å²) in [7, 11) is 0. The molecule has 0 saturated heterocycles. The van der Waals surface area contributed by atoms with Gasteiger partial charge >= 0.3 is 0 Å². The number of nitrogens with one attached hydrogen (secondary N) is 1. The Morgan fingerprint density at radius 1 is 1.00 bits per heavy atom. The molecule has 0 aliphatic heterocycles. The molecule has 0 amide bonds. The molecule has 0 bridgehead atoms. The lowest BCUT2D eigenvalue weighted by atomic mass is 9.98. The van der Waals surface area contributed by atoms with Crippen LogP contribution in [0.2, 0.25) is 0 Å². The van der Waals surface area contributed by atoms with Crippen LogP contribution in [0.1, 0.15) is 30.5 Å². The minimum absolute atomic E-state index is 0.0816. The Balaban J connectivity index is 2.52. The first-order chi connectivity index (χ1) is 10.0. The largest absolute Gasteiger partial charge is 0.306 e. The molecule has 5 heteroatoms. The lowest BCUT2D eigenvalue weighted by Gasteiger charge is -2.22. The second kappa shape index (κ2) is 7.86. The molecule has 1 unspecified atom stereocenters. The standard InChI is InChI=1S/C16H15Br3FN/c1-2-7-21-16(12-8-10(17)3-5-14(12)18)13-9-11(20)4-6-15(13)19/h3-6,8-9,16,21H,2,7H2,1H3. The Kier molecular flexibility index (Phi) is 6.41. The zero-order chi connectivity index (χ0) is 15.4. The van der Waals surface area contributed by atoms with E-state index >= 15 is 0 Å². The summed E-state index contributed by atoms with van der Waals surface area (Å²) in [6, 6.07) is 10.7. The van der Waals surface area contributed by atoms with Crippen LogP contribution in [-0.2, 0) is 0 Å². The minimum Gasteiger partial charge on any atom is -0.306 e. The quantitative estimate of drug-likeness (QED) is 0.538. The van der Waals surface area contributed by atoms with E-state index in [0.29, 0.717) is 0 Å². The van der Waals surface area contributed by atoms with Crippen molar-refractivity contribution >= 4 is 47.8 Å². The van der Waals surface area contributed by atoms with E-state index in [4.69, 9.17) is 0 Å². The average Bonchev–Trinajstić information content (AvgIpc) is 2.46. The summed E-state index contributed by atoms with van der Waals surface area (Å²) in [4.78, 5) is 0. The molecule has 21 heavy (non-hydrogen) atoms. The van der Waals surface area contributed by atoms with Gasteiger partial charge in [0.25, 0.3) is 0 Å². The van der Waals surface area contributed by atoms with Crippen LogP contribution in [0.15, 0.2) is 49.8 Å². The van der Waals surface area contributed by atoms with Crippen LogP contribution in [0, 0.1) is 5.82 Å². The second-order valence-corrected chi connectivity index (χ2v) is 7.34. The zero-order valence-corrected chi connectivity index (χ0v) is 16.2. The molecular formula is C16H15Br3FN. The van der Waals surface area contributed by atoms with Gasteiger partial charge < -0.3 is 5.32 Å². The fourth-order valence-corrected chi connectivity index (χ4v) is 3.48. The van der Waals surface area contributed by atoms with Gasteiger partial charge in [0.05, 0.1) is 6.04 Å². The van der Waals surface area contributed by atoms with Gasteiger partial charge in [-0.1, -0.05) is 54.7 Å². The fraction of sp³-hybridized carbons (Fsp3) is 0.250. The Hall–Kier alpha value is -0.230. The summed E-state index contributed by atoms with van der Waals surface area (Å²) in [5, 5.41) is 3.49. The highest BCUT2D eigenvalue weighted by Crippen LogP contribution is 2.34. The molecule has 2 aromatic rings. The van der Waals surface area contributed by atoms with Crippen LogP contribution in [0.3, 0.4) is 0 Å². The van der Waals surface area contributed by atoms with Crippen LogP contribution in [0.25, 0.3) is 0 Å². The SMILES string of the molecule is CCCNC(c1cc(F)ccc1Br)c1cc(Br)ccc1Br. The van der Waals surface area contributed by atoms with Gasteiger partial charge in [-0.25, -0.2) is 4.39 Å². The molecule has 112 valence electrons. The lowest BCUT2D eigenvalue weighted by molar-refractivity contribution is 0.582. The predicted octanol–water partition coefficient (Wildman–Crippen LogP) is 6.20. The van der Waals surface area contributed by atoms with E-state index in [1.165, 1.54) is 6.07 Å². The van der Waals surface area contributed by atoms with E-state index in [1.807, 2.05) is 12.1 Å². The molecule has 0 aliphatic carbocycles. The molecule has 0 saturated carbocycles. The smallest absolute Gasteiger partial charge is 0.123 e. The average molecular weight is 480 g/mol. The number of hydrogen-bond acceptors (Lipinski definition) is 1. The monoisotopic (exact) mass is 477 g/mol. The molecule has 0 spiro atoms. The molecule has 2 aromatic carbocycles. The van der Waals surface area contributed by atoms with E-state index in [0.717, 1.165) is 37.5 Å². The highest BCUT2D eigenvalue weighted by molar-refractivity contribution is 9.11. The van der Waals surface area contributed by atoms with Crippen molar-refractivity contribution in [2.45, 2.75) is 19.4 Å². The Morgan fingerprint density at radius 3 is 2.29 bits per heavy atom. The number of halogens is 4. The minimum atomic E-state index is -0.234. The van der Waals surface area contributed by atoms with Crippen LogP contribution >= 0.6 is 47.8 Å². The molecule has 0 radical (unpaired) electrons. The number of benzene rings is 2. The highest BCUT2D eigenvalue weighted by Gasteiger charge is 2.19. The maximum Gasteiger partial charge on any atom is 0.123 e. The molecule has 0 aliphatic rings. The first-order valence-electron chi connectivity index (χ1n) is 6.66.